The van der Waals surface area contributed by atoms with Crippen molar-refractivity contribution in [1.29, 1.82) is 0 Å². The minimum Gasteiger partial charge on any atom is -0.543 e. The smallest absolute Gasteiger partial charge is 0.250 e. The zero-order valence-electron chi connectivity index (χ0n) is 18.1. The molecule has 2 aliphatic heterocycles. The summed E-state index contributed by atoms with van der Waals surface area (Å²) < 4.78 is 18.4. The lowest BCUT2D eigenvalue weighted by Crippen LogP contribution is -2.43. The first kappa shape index (κ1) is 20.0. The highest BCUT2D eigenvalue weighted by Gasteiger charge is 2.39. The second kappa shape index (κ2) is 6.92. The standard InChI is InChI=1S/C24H30O4Si/c1-15-7-10-20-19(13-15)17-11-12-26-21-14-16(28-29(5,6)24(2,3)4)8-9-18(21)22(17)23(25)27-20/h7-10,13-14,23,25H,11-12H2,1-6H3. The van der Waals surface area contributed by atoms with Gasteiger partial charge in [-0.15, -0.1) is 0 Å². The van der Waals surface area contributed by atoms with E-state index in [1.807, 2.05) is 30.3 Å². The maximum atomic E-state index is 10.8. The van der Waals surface area contributed by atoms with Crippen LogP contribution < -0.4 is 13.9 Å². The van der Waals surface area contributed by atoms with Gasteiger partial charge >= 0.3 is 0 Å². The molecule has 4 nitrogen and oxygen atoms in total. The van der Waals surface area contributed by atoms with Gasteiger partial charge < -0.3 is 19.0 Å². The number of benzene rings is 2. The Morgan fingerprint density at radius 1 is 1.03 bits per heavy atom. The summed E-state index contributed by atoms with van der Waals surface area (Å²) in [6, 6.07) is 12.0. The van der Waals surface area contributed by atoms with E-state index in [1.165, 1.54) is 5.56 Å². The lowest BCUT2D eigenvalue weighted by molar-refractivity contribution is 0.0314. The predicted octanol–water partition coefficient (Wildman–Crippen LogP) is 5.78. The van der Waals surface area contributed by atoms with E-state index < -0.39 is 14.6 Å². The second-order valence-electron chi connectivity index (χ2n) is 9.48. The third-order valence-electron chi connectivity index (χ3n) is 6.30. The van der Waals surface area contributed by atoms with Crippen LogP contribution in [0.2, 0.25) is 18.1 Å². The Balaban J connectivity index is 1.78. The molecule has 0 saturated heterocycles. The van der Waals surface area contributed by atoms with Crippen LogP contribution in [-0.4, -0.2) is 26.3 Å². The highest BCUT2D eigenvalue weighted by molar-refractivity contribution is 6.74. The fourth-order valence-electron chi connectivity index (χ4n) is 3.64. The van der Waals surface area contributed by atoms with Crippen molar-refractivity contribution in [2.75, 3.05) is 6.61 Å². The van der Waals surface area contributed by atoms with Crippen LogP contribution in [0.5, 0.6) is 17.2 Å². The molecule has 4 rings (SSSR count). The number of aryl methyl sites for hydroxylation is 1. The molecule has 0 aromatic heterocycles. The van der Waals surface area contributed by atoms with Gasteiger partial charge in [0.15, 0.2) is 0 Å². The van der Waals surface area contributed by atoms with Crippen LogP contribution in [0.3, 0.4) is 0 Å². The molecule has 1 atom stereocenters. The molecule has 5 heteroatoms. The fraction of sp³-hybridized carbons (Fsp3) is 0.417. The molecular formula is C24H30O4Si. The van der Waals surface area contributed by atoms with Crippen LogP contribution in [0, 0.1) is 6.92 Å². The van der Waals surface area contributed by atoms with Crippen LogP contribution in [0.1, 0.15) is 43.9 Å². The lowest BCUT2D eigenvalue weighted by atomic mass is 9.89. The molecule has 0 bridgehead atoms. The van der Waals surface area contributed by atoms with Gasteiger partial charge in [0.05, 0.1) is 6.61 Å². The Hall–Kier alpha value is -2.24. The second-order valence-corrected chi connectivity index (χ2v) is 14.2. The molecular weight excluding hydrogens is 380 g/mol. The Kier molecular flexibility index (Phi) is 4.78. The topological polar surface area (TPSA) is 47.9 Å². The molecule has 2 aliphatic rings. The summed E-state index contributed by atoms with van der Waals surface area (Å²) in [6.45, 7) is 13.8. The molecule has 2 aromatic carbocycles. The quantitative estimate of drug-likeness (QED) is 0.637. The van der Waals surface area contributed by atoms with Crippen molar-refractivity contribution in [3.05, 3.63) is 53.1 Å². The first-order chi connectivity index (χ1) is 13.6. The van der Waals surface area contributed by atoms with Gasteiger partial charge in [-0.1, -0.05) is 32.4 Å². The van der Waals surface area contributed by atoms with Gasteiger partial charge in [0.25, 0.3) is 0 Å². The minimum atomic E-state index is -1.95. The molecule has 0 saturated carbocycles. The van der Waals surface area contributed by atoms with E-state index in [9.17, 15) is 5.11 Å². The summed E-state index contributed by atoms with van der Waals surface area (Å²) in [5, 5.41) is 10.9. The van der Waals surface area contributed by atoms with E-state index >= 15 is 0 Å². The predicted molar refractivity (Wildman–Crippen MR) is 119 cm³/mol. The SMILES string of the molecule is Cc1ccc2c(c1)C1=C(c3ccc(O[Si](C)(C)C(C)(C)C)cc3OCC1)C(O)O2. The summed E-state index contributed by atoms with van der Waals surface area (Å²) in [7, 11) is -1.95. The van der Waals surface area contributed by atoms with E-state index in [0.717, 1.165) is 45.9 Å². The number of fused-ring (bicyclic) bond motifs is 4. The number of aliphatic hydroxyl groups excluding tert-OH is 1. The summed E-state index contributed by atoms with van der Waals surface area (Å²) in [4.78, 5) is 0. The summed E-state index contributed by atoms with van der Waals surface area (Å²) in [6.07, 6.45) is -0.285. The highest BCUT2D eigenvalue weighted by Crippen LogP contribution is 2.47. The van der Waals surface area contributed by atoms with Crippen LogP contribution >= 0.6 is 0 Å². The minimum absolute atomic E-state index is 0.116. The van der Waals surface area contributed by atoms with Gasteiger partial charge in [-0.2, -0.15) is 0 Å². The van der Waals surface area contributed by atoms with Crippen molar-refractivity contribution in [2.45, 2.75) is 58.5 Å². The Morgan fingerprint density at radius 2 is 1.79 bits per heavy atom. The molecule has 2 heterocycles. The van der Waals surface area contributed by atoms with Gasteiger partial charge in [-0.05, 0) is 54.9 Å². The zero-order chi connectivity index (χ0) is 21.0. The van der Waals surface area contributed by atoms with Crippen molar-refractivity contribution in [3.63, 3.8) is 0 Å². The Labute approximate surface area is 174 Å². The molecule has 29 heavy (non-hydrogen) atoms. The molecule has 154 valence electrons. The molecule has 0 fully saturated rings. The third kappa shape index (κ3) is 3.58. The van der Waals surface area contributed by atoms with Gasteiger partial charge in [0.1, 0.15) is 17.2 Å². The summed E-state index contributed by atoms with van der Waals surface area (Å²) in [5.74, 6) is 2.29. The van der Waals surface area contributed by atoms with Gasteiger partial charge in [-0.25, -0.2) is 0 Å². The molecule has 0 spiro atoms. The monoisotopic (exact) mass is 410 g/mol. The van der Waals surface area contributed by atoms with Gasteiger partial charge in [0.2, 0.25) is 14.6 Å². The third-order valence-corrected chi connectivity index (χ3v) is 10.7. The average molecular weight is 411 g/mol. The van der Waals surface area contributed by atoms with Crippen LogP contribution in [0.4, 0.5) is 0 Å². The van der Waals surface area contributed by atoms with E-state index in [0.29, 0.717) is 6.61 Å². The molecule has 0 radical (unpaired) electrons. The molecule has 0 aliphatic carbocycles. The summed E-state index contributed by atoms with van der Waals surface area (Å²) >= 11 is 0. The van der Waals surface area contributed by atoms with Crippen molar-refractivity contribution in [3.8, 4) is 17.2 Å². The highest BCUT2D eigenvalue weighted by atomic mass is 28.4. The van der Waals surface area contributed by atoms with E-state index in [4.69, 9.17) is 13.9 Å². The molecule has 2 aromatic rings. The maximum Gasteiger partial charge on any atom is 0.250 e. The first-order valence-electron chi connectivity index (χ1n) is 10.2. The van der Waals surface area contributed by atoms with Crippen molar-refractivity contribution >= 4 is 19.5 Å². The fourth-order valence-corrected chi connectivity index (χ4v) is 4.66. The lowest BCUT2D eigenvalue weighted by Gasteiger charge is -2.36. The number of rotatable bonds is 2. The van der Waals surface area contributed by atoms with Crippen molar-refractivity contribution < 1.29 is 19.0 Å². The summed E-state index contributed by atoms with van der Waals surface area (Å²) in [5.41, 5.74) is 4.98. The van der Waals surface area contributed by atoms with E-state index in [1.54, 1.807) is 0 Å². The van der Waals surface area contributed by atoms with Crippen LogP contribution in [0.25, 0.3) is 11.1 Å². The zero-order valence-corrected chi connectivity index (χ0v) is 19.1. The Bertz CT molecular complexity index is 985. The number of hydrogen-bond donors (Lipinski definition) is 1. The van der Waals surface area contributed by atoms with E-state index in [2.05, 4.69) is 46.9 Å². The number of aliphatic hydroxyl groups is 1. The first-order valence-corrected chi connectivity index (χ1v) is 13.1. The normalized spacial score (nSPS) is 18.7. The van der Waals surface area contributed by atoms with Crippen LogP contribution in [0.15, 0.2) is 36.4 Å². The van der Waals surface area contributed by atoms with Gasteiger partial charge in [-0.3, -0.25) is 0 Å². The van der Waals surface area contributed by atoms with Crippen LogP contribution in [-0.2, 0) is 0 Å². The maximum absolute atomic E-state index is 10.8. The van der Waals surface area contributed by atoms with Crippen molar-refractivity contribution in [2.24, 2.45) is 0 Å². The van der Waals surface area contributed by atoms with Gasteiger partial charge in [0, 0.05) is 29.2 Å². The number of hydrogen-bond acceptors (Lipinski definition) is 4. The Morgan fingerprint density at radius 3 is 2.52 bits per heavy atom. The molecule has 1 unspecified atom stereocenters. The molecule has 1 N–H and O–H groups in total. The number of ether oxygens (including phenoxy) is 2. The largest absolute Gasteiger partial charge is 0.543 e. The average Bonchev–Trinajstić information content (AvgIpc) is 2.81. The molecule has 0 amide bonds. The van der Waals surface area contributed by atoms with Crippen molar-refractivity contribution in [1.82, 2.24) is 0 Å². The van der Waals surface area contributed by atoms with E-state index in [-0.39, 0.29) is 5.04 Å².